The molecule has 3 N–H and O–H groups in total. The average Bonchev–Trinajstić information content (AvgIpc) is 2.54. The molecule has 1 aromatic heterocycles. The minimum atomic E-state index is -0.177. The molecular formula is C16H16N4O. The first-order valence-electron chi connectivity index (χ1n) is 6.60. The molecule has 0 aliphatic rings. The number of rotatable bonds is 4. The molecular weight excluding hydrogens is 264 g/mol. The Bertz CT molecular complexity index is 673. The third-order valence-electron chi connectivity index (χ3n) is 3.18. The van der Waals surface area contributed by atoms with Crippen LogP contribution in [0.15, 0.2) is 42.6 Å². The van der Waals surface area contributed by atoms with E-state index in [0.717, 1.165) is 5.56 Å². The van der Waals surface area contributed by atoms with Crippen LogP contribution in [0.3, 0.4) is 0 Å². The van der Waals surface area contributed by atoms with Gasteiger partial charge in [0.25, 0.3) is 5.91 Å². The monoisotopic (exact) mass is 280 g/mol. The predicted molar refractivity (Wildman–Crippen MR) is 79.2 cm³/mol. The van der Waals surface area contributed by atoms with Crippen molar-refractivity contribution in [2.45, 2.75) is 19.5 Å². The second-order valence-electron chi connectivity index (χ2n) is 4.67. The highest BCUT2D eigenvalue weighted by atomic mass is 16.1. The number of nitriles is 1. The van der Waals surface area contributed by atoms with Crippen molar-refractivity contribution in [1.82, 2.24) is 10.3 Å². The molecule has 5 nitrogen and oxygen atoms in total. The molecule has 1 aromatic carbocycles. The minimum Gasteiger partial charge on any atom is -0.346 e. The number of pyridine rings is 1. The summed E-state index contributed by atoms with van der Waals surface area (Å²) in [5.74, 6) is -0.177. The maximum atomic E-state index is 12.2. The first-order valence-corrected chi connectivity index (χ1v) is 6.60. The summed E-state index contributed by atoms with van der Waals surface area (Å²) in [6, 6.07) is 12.4. The number of hydrogen-bond donors (Lipinski definition) is 2. The van der Waals surface area contributed by atoms with Gasteiger partial charge in [-0.05, 0) is 36.8 Å². The Morgan fingerprint density at radius 3 is 2.71 bits per heavy atom. The fraction of sp³-hybridized carbons (Fsp3) is 0.188. The van der Waals surface area contributed by atoms with Crippen LogP contribution in [0.4, 0.5) is 0 Å². The Labute approximate surface area is 123 Å². The first-order chi connectivity index (χ1) is 10.1. The Morgan fingerprint density at radius 1 is 1.38 bits per heavy atom. The second kappa shape index (κ2) is 6.64. The summed E-state index contributed by atoms with van der Waals surface area (Å²) in [6.07, 6.45) is 1.57. The first kappa shape index (κ1) is 14.7. The summed E-state index contributed by atoms with van der Waals surface area (Å²) >= 11 is 0. The van der Waals surface area contributed by atoms with Crippen molar-refractivity contribution >= 4 is 5.91 Å². The van der Waals surface area contributed by atoms with Gasteiger partial charge >= 0.3 is 0 Å². The van der Waals surface area contributed by atoms with Gasteiger partial charge in [-0.15, -0.1) is 0 Å². The molecule has 0 saturated carbocycles. The molecule has 5 heteroatoms. The molecule has 0 bridgehead atoms. The van der Waals surface area contributed by atoms with E-state index >= 15 is 0 Å². The highest BCUT2D eigenvalue weighted by Crippen LogP contribution is 2.14. The minimum absolute atomic E-state index is 0.153. The van der Waals surface area contributed by atoms with Crippen LogP contribution in [0.25, 0.3) is 0 Å². The topological polar surface area (TPSA) is 91.8 Å². The van der Waals surface area contributed by atoms with Crippen LogP contribution in [-0.2, 0) is 6.54 Å². The molecule has 1 heterocycles. The van der Waals surface area contributed by atoms with Crippen LogP contribution in [0.2, 0.25) is 0 Å². The molecule has 0 aliphatic heterocycles. The van der Waals surface area contributed by atoms with E-state index in [2.05, 4.69) is 16.4 Å². The van der Waals surface area contributed by atoms with E-state index in [9.17, 15) is 4.79 Å². The summed E-state index contributed by atoms with van der Waals surface area (Å²) in [5.41, 5.74) is 8.26. The van der Waals surface area contributed by atoms with Crippen molar-refractivity contribution in [2.24, 2.45) is 5.73 Å². The lowest BCUT2D eigenvalue weighted by molar-refractivity contribution is 0.0939. The number of carbonyl (C=O) groups is 1. The van der Waals surface area contributed by atoms with Crippen LogP contribution in [0, 0.1) is 11.3 Å². The number of nitrogens with one attached hydrogen (secondary N) is 1. The molecule has 0 saturated heterocycles. The highest BCUT2D eigenvalue weighted by Gasteiger charge is 2.12. The van der Waals surface area contributed by atoms with E-state index in [-0.39, 0.29) is 11.9 Å². The van der Waals surface area contributed by atoms with E-state index in [1.165, 1.54) is 0 Å². The largest absolute Gasteiger partial charge is 0.346 e. The molecule has 0 fully saturated rings. The van der Waals surface area contributed by atoms with Crippen LogP contribution in [0.5, 0.6) is 0 Å². The van der Waals surface area contributed by atoms with E-state index < -0.39 is 0 Å². The lowest BCUT2D eigenvalue weighted by atomic mass is 10.1. The third-order valence-corrected chi connectivity index (χ3v) is 3.18. The van der Waals surface area contributed by atoms with Gasteiger partial charge in [0.05, 0.1) is 23.4 Å². The summed E-state index contributed by atoms with van der Waals surface area (Å²) in [4.78, 5) is 16.2. The van der Waals surface area contributed by atoms with E-state index in [4.69, 9.17) is 11.0 Å². The van der Waals surface area contributed by atoms with Gasteiger partial charge in [-0.1, -0.05) is 12.1 Å². The Balaban J connectivity index is 2.09. The molecule has 0 aliphatic carbocycles. The van der Waals surface area contributed by atoms with Crippen molar-refractivity contribution in [3.05, 3.63) is 65.0 Å². The standard InChI is InChI=1S/C16H16N4O/c1-11(13-4-2-12(9-17)3-5-13)20-16(21)14-6-7-19-15(8-14)10-18/h2-8,11H,10,18H2,1H3,(H,20,21). The Kier molecular flexibility index (Phi) is 4.64. The smallest absolute Gasteiger partial charge is 0.251 e. The normalized spacial score (nSPS) is 11.5. The second-order valence-corrected chi connectivity index (χ2v) is 4.67. The van der Waals surface area contributed by atoms with E-state index in [1.54, 1.807) is 30.5 Å². The molecule has 2 rings (SSSR count). The SMILES string of the molecule is CC(NC(=O)c1ccnc(CN)c1)c1ccc(C#N)cc1. The number of aromatic nitrogens is 1. The van der Waals surface area contributed by atoms with E-state index in [0.29, 0.717) is 23.4 Å². The van der Waals surface area contributed by atoms with Crippen LogP contribution in [-0.4, -0.2) is 10.9 Å². The molecule has 1 unspecified atom stereocenters. The number of amides is 1. The third kappa shape index (κ3) is 3.65. The number of nitrogens with two attached hydrogens (primary N) is 1. The highest BCUT2D eigenvalue weighted by molar-refractivity contribution is 5.94. The lowest BCUT2D eigenvalue weighted by Gasteiger charge is -2.14. The zero-order valence-corrected chi connectivity index (χ0v) is 11.7. The number of nitrogens with zero attached hydrogens (tertiary/aromatic N) is 2. The van der Waals surface area contributed by atoms with Crippen LogP contribution in [0.1, 0.15) is 40.1 Å². The molecule has 2 aromatic rings. The average molecular weight is 280 g/mol. The van der Waals surface area contributed by atoms with Crippen LogP contribution < -0.4 is 11.1 Å². The van der Waals surface area contributed by atoms with Crippen molar-refractivity contribution in [3.8, 4) is 6.07 Å². The van der Waals surface area contributed by atoms with Crippen molar-refractivity contribution in [3.63, 3.8) is 0 Å². The maximum absolute atomic E-state index is 12.2. The van der Waals surface area contributed by atoms with Gasteiger partial charge < -0.3 is 11.1 Å². The van der Waals surface area contributed by atoms with Gasteiger partial charge in [0.15, 0.2) is 0 Å². The molecule has 21 heavy (non-hydrogen) atoms. The van der Waals surface area contributed by atoms with Crippen molar-refractivity contribution in [2.75, 3.05) is 0 Å². The zero-order chi connectivity index (χ0) is 15.2. The van der Waals surface area contributed by atoms with Gasteiger partial charge in [0.1, 0.15) is 0 Å². The number of hydrogen-bond acceptors (Lipinski definition) is 4. The summed E-state index contributed by atoms with van der Waals surface area (Å²) in [5, 5.41) is 11.7. The fourth-order valence-corrected chi connectivity index (χ4v) is 1.94. The van der Waals surface area contributed by atoms with Crippen molar-refractivity contribution in [1.29, 1.82) is 5.26 Å². The molecule has 1 atom stereocenters. The van der Waals surface area contributed by atoms with Gasteiger partial charge in [-0.2, -0.15) is 5.26 Å². The van der Waals surface area contributed by atoms with Gasteiger partial charge in [0.2, 0.25) is 0 Å². The molecule has 106 valence electrons. The molecule has 0 spiro atoms. The maximum Gasteiger partial charge on any atom is 0.251 e. The predicted octanol–water partition coefficient (Wildman–Crippen LogP) is 1.90. The lowest BCUT2D eigenvalue weighted by Crippen LogP contribution is -2.26. The number of benzene rings is 1. The summed E-state index contributed by atoms with van der Waals surface area (Å²) in [6.45, 7) is 2.19. The van der Waals surface area contributed by atoms with Gasteiger partial charge in [0, 0.05) is 18.3 Å². The van der Waals surface area contributed by atoms with E-state index in [1.807, 2.05) is 19.1 Å². The fourth-order valence-electron chi connectivity index (χ4n) is 1.94. The number of carbonyl (C=O) groups excluding carboxylic acids is 1. The van der Waals surface area contributed by atoms with Gasteiger partial charge in [-0.25, -0.2) is 0 Å². The zero-order valence-electron chi connectivity index (χ0n) is 11.7. The quantitative estimate of drug-likeness (QED) is 0.894. The van der Waals surface area contributed by atoms with Gasteiger partial charge in [-0.3, -0.25) is 9.78 Å². The van der Waals surface area contributed by atoms with Crippen LogP contribution >= 0.6 is 0 Å². The molecule has 0 radical (unpaired) electrons. The Morgan fingerprint density at radius 2 is 2.10 bits per heavy atom. The molecule has 1 amide bonds. The summed E-state index contributed by atoms with van der Waals surface area (Å²) < 4.78 is 0. The Hall–Kier alpha value is -2.71. The summed E-state index contributed by atoms with van der Waals surface area (Å²) in [7, 11) is 0. The van der Waals surface area contributed by atoms with Crippen molar-refractivity contribution < 1.29 is 4.79 Å².